The van der Waals surface area contributed by atoms with Crippen LogP contribution in [0.1, 0.15) is 10.4 Å². The van der Waals surface area contributed by atoms with Gasteiger partial charge >= 0.3 is 5.97 Å². The normalized spacial score (nSPS) is 10.0. The van der Waals surface area contributed by atoms with E-state index in [2.05, 4.69) is 9.72 Å². The van der Waals surface area contributed by atoms with Gasteiger partial charge < -0.3 is 15.2 Å². The third-order valence-corrected chi connectivity index (χ3v) is 2.35. The van der Waals surface area contributed by atoms with Gasteiger partial charge in [-0.3, -0.25) is 0 Å². The number of benzene rings is 1. The van der Waals surface area contributed by atoms with E-state index in [1.807, 2.05) is 0 Å². The predicted octanol–water partition coefficient (Wildman–Crippen LogP) is 2.38. The van der Waals surface area contributed by atoms with Crippen molar-refractivity contribution in [1.29, 1.82) is 0 Å². The maximum atomic E-state index is 12.7. The van der Waals surface area contributed by atoms with Crippen LogP contribution in [0.4, 0.5) is 10.2 Å². The minimum atomic E-state index is -0.602. The molecule has 19 heavy (non-hydrogen) atoms. The van der Waals surface area contributed by atoms with E-state index in [1.54, 1.807) is 0 Å². The molecule has 1 heterocycles. The lowest BCUT2D eigenvalue weighted by atomic mass is 10.2. The molecule has 0 amide bonds. The molecule has 2 N–H and O–H groups in total. The number of hydrogen-bond donors (Lipinski definition) is 1. The van der Waals surface area contributed by atoms with Gasteiger partial charge in [0.15, 0.2) is 0 Å². The Labute approximate surface area is 108 Å². The van der Waals surface area contributed by atoms with E-state index in [-0.39, 0.29) is 17.2 Å². The van der Waals surface area contributed by atoms with Gasteiger partial charge in [-0.2, -0.15) is 0 Å². The topological polar surface area (TPSA) is 74.4 Å². The number of esters is 1. The third kappa shape index (κ3) is 2.98. The lowest BCUT2D eigenvalue weighted by Gasteiger charge is -2.08. The summed E-state index contributed by atoms with van der Waals surface area (Å²) in [6.07, 6.45) is 1.37. The number of aromatic nitrogens is 1. The lowest BCUT2D eigenvalue weighted by molar-refractivity contribution is 0.0601. The smallest absolute Gasteiger partial charge is 0.341 e. The zero-order valence-electron chi connectivity index (χ0n) is 10.1. The molecule has 2 rings (SSSR count). The number of nitrogens with two attached hydrogens (primary N) is 1. The van der Waals surface area contributed by atoms with Crippen LogP contribution in [-0.4, -0.2) is 18.1 Å². The van der Waals surface area contributed by atoms with Crippen molar-refractivity contribution in [2.45, 2.75) is 0 Å². The molecular formula is C13H11FN2O3. The van der Waals surface area contributed by atoms with Gasteiger partial charge in [-0.1, -0.05) is 0 Å². The number of nitrogen functional groups attached to an aromatic ring is 1. The molecule has 0 aliphatic rings. The number of carbonyl (C=O) groups is 1. The van der Waals surface area contributed by atoms with Gasteiger partial charge in [0, 0.05) is 6.07 Å². The molecule has 0 radical (unpaired) electrons. The number of rotatable bonds is 3. The van der Waals surface area contributed by atoms with Gasteiger partial charge in [-0.25, -0.2) is 14.2 Å². The van der Waals surface area contributed by atoms with Crippen molar-refractivity contribution in [1.82, 2.24) is 4.98 Å². The first-order valence-electron chi connectivity index (χ1n) is 5.37. The zero-order valence-corrected chi connectivity index (χ0v) is 10.1. The Morgan fingerprint density at radius 2 is 1.95 bits per heavy atom. The maximum Gasteiger partial charge on any atom is 0.341 e. The second-order valence-electron chi connectivity index (χ2n) is 3.65. The third-order valence-electron chi connectivity index (χ3n) is 2.35. The van der Waals surface area contributed by atoms with Crippen LogP contribution in [0.5, 0.6) is 11.5 Å². The summed E-state index contributed by atoms with van der Waals surface area (Å²) < 4.78 is 22.8. The number of nitrogens with zero attached hydrogens (tertiary/aromatic N) is 1. The standard InChI is InChI=1S/C13H11FN2O3/c1-18-13(17)11-6-10(7-16-12(11)15)19-9-4-2-8(14)3-5-9/h2-7H,1H3,(H2,15,16). The van der Waals surface area contributed by atoms with Crippen molar-refractivity contribution >= 4 is 11.8 Å². The first-order valence-corrected chi connectivity index (χ1v) is 5.37. The van der Waals surface area contributed by atoms with Gasteiger partial charge in [0.2, 0.25) is 0 Å². The second kappa shape index (κ2) is 5.34. The van der Waals surface area contributed by atoms with Crippen LogP contribution in [-0.2, 0) is 4.74 Å². The van der Waals surface area contributed by atoms with Crippen LogP contribution < -0.4 is 10.5 Å². The molecule has 0 fully saturated rings. The molecule has 5 nitrogen and oxygen atoms in total. The van der Waals surface area contributed by atoms with Crippen molar-refractivity contribution < 1.29 is 18.7 Å². The summed E-state index contributed by atoms with van der Waals surface area (Å²) >= 11 is 0. The van der Waals surface area contributed by atoms with Crippen molar-refractivity contribution in [3.05, 3.63) is 47.9 Å². The fraction of sp³-hybridized carbons (Fsp3) is 0.0769. The maximum absolute atomic E-state index is 12.7. The summed E-state index contributed by atoms with van der Waals surface area (Å²) in [7, 11) is 1.25. The summed E-state index contributed by atoms with van der Waals surface area (Å²) in [5.41, 5.74) is 5.68. The molecule has 2 aromatic rings. The fourth-order valence-corrected chi connectivity index (χ4v) is 1.42. The van der Waals surface area contributed by atoms with E-state index in [0.29, 0.717) is 11.5 Å². The highest BCUT2D eigenvalue weighted by Gasteiger charge is 2.12. The Bertz CT molecular complexity index is 599. The van der Waals surface area contributed by atoms with E-state index < -0.39 is 5.97 Å². The largest absolute Gasteiger partial charge is 0.465 e. The zero-order chi connectivity index (χ0) is 13.8. The lowest BCUT2D eigenvalue weighted by Crippen LogP contribution is -2.07. The fourth-order valence-electron chi connectivity index (χ4n) is 1.42. The summed E-state index contributed by atoms with van der Waals surface area (Å²) in [6, 6.07) is 6.87. The van der Waals surface area contributed by atoms with Crippen LogP contribution >= 0.6 is 0 Å². The number of anilines is 1. The van der Waals surface area contributed by atoms with Crippen molar-refractivity contribution in [2.75, 3.05) is 12.8 Å². The number of pyridine rings is 1. The van der Waals surface area contributed by atoms with E-state index in [1.165, 1.54) is 43.6 Å². The minimum absolute atomic E-state index is 0.0540. The Hall–Kier alpha value is -2.63. The Morgan fingerprint density at radius 3 is 2.58 bits per heavy atom. The molecule has 0 atom stereocenters. The molecule has 98 valence electrons. The Morgan fingerprint density at radius 1 is 1.26 bits per heavy atom. The summed E-state index contributed by atoms with van der Waals surface area (Å²) in [4.78, 5) is 15.3. The van der Waals surface area contributed by atoms with Crippen LogP contribution in [0.3, 0.4) is 0 Å². The Balaban J connectivity index is 2.26. The number of methoxy groups -OCH3 is 1. The number of carbonyl (C=O) groups excluding carboxylic acids is 1. The molecule has 0 saturated carbocycles. The molecule has 1 aromatic heterocycles. The quantitative estimate of drug-likeness (QED) is 0.859. The van der Waals surface area contributed by atoms with Gasteiger partial charge in [0.25, 0.3) is 0 Å². The summed E-state index contributed by atoms with van der Waals surface area (Å²) in [5, 5.41) is 0. The average molecular weight is 262 g/mol. The molecule has 0 aliphatic heterocycles. The van der Waals surface area contributed by atoms with Crippen molar-refractivity contribution in [3.8, 4) is 11.5 Å². The molecule has 0 bridgehead atoms. The van der Waals surface area contributed by atoms with Crippen LogP contribution in [0.25, 0.3) is 0 Å². The first-order chi connectivity index (χ1) is 9.10. The Kier molecular flexibility index (Phi) is 3.61. The summed E-state index contributed by atoms with van der Waals surface area (Å²) in [6.45, 7) is 0. The monoisotopic (exact) mass is 262 g/mol. The SMILES string of the molecule is COC(=O)c1cc(Oc2ccc(F)cc2)cnc1N. The van der Waals surface area contributed by atoms with Gasteiger partial charge in [-0.05, 0) is 24.3 Å². The number of ether oxygens (including phenoxy) is 2. The van der Waals surface area contributed by atoms with Crippen LogP contribution in [0, 0.1) is 5.82 Å². The molecular weight excluding hydrogens is 251 g/mol. The first kappa shape index (κ1) is 12.8. The van der Waals surface area contributed by atoms with E-state index >= 15 is 0 Å². The average Bonchev–Trinajstić information content (AvgIpc) is 2.42. The second-order valence-corrected chi connectivity index (χ2v) is 3.65. The molecule has 6 heteroatoms. The molecule has 1 aromatic carbocycles. The molecule has 0 saturated heterocycles. The molecule has 0 spiro atoms. The highest BCUT2D eigenvalue weighted by Crippen LogP contribution is 2.24. The molecule has 0 unspecified atom stereocenters. The van der Waals surface area contributed by atoms with Crippen LogP contribution in [0.2, 0.25) is 0 Å². The van der Waals surface area contributed by atoms with Gasteiger partial charge in [0.1, 0.15) is 28.7 Å². The van der Waals surface area contributed by atoms with Crippen molar-refractivity contribution in [3.63, 3.8) is 0 Å². The van der Waals surface area contributed by atoms with Gasteiger partial charge in [-0.15, -0.1) is 0 Å². The highest BCUT2D eigenvalue weighted by molar-refractivity contribution is 5.94. The van der Waals surface area contributed by atoms with E-state index in [0.717, 1.165) is 0 Å². The number of hydrogen-bond acceptors (Lipinski definition) is 5. The summed E-state index contributed by atoms with van der Waals surface area (Å²) in [5.74, 6) is -0.184. The van der Waals surface area contributed by atoms with Crippen molar-refractivity contribution in [2.24, 2.45) is 0 Å². The predicted molar refractivity (Wildman–Crippen MR) is 66.5 cm³/mol. The van der Waals surface area contributed by atoms with Gasteiger partial charge in [0.05, 0.1) is 13.3 Å². The number of halogens is 1. The minimum Gasteiger partial charge on any atom is -0.465 e. The highest BCUT2D eigenvalue weighted by atomic mass is 19.1. The van der Waals surface area contributed by atoms with E-state index in [9.17, 15) is 9.18 Å². The van der Waals surface area contributed by atoms with Crippen LogP contribution in [0.15, 0.2) is 36.5 Å². The van der Waals surface area contributed by atoms with E-state index in [4.69, 9.17) is 10.5 Å². The molecule has 0 aliphatic carbocycles.